The van der Waals surface area contributed by atoms with Gasteiger partial charge < -0.3 is 10.4 Å². The van der Waals surface area contributed by atoms with Crippen molar-refractivity contribution in [2.24, 2.45) is 5.92 Å². The first-order chi connectivity index (χ1) is 9.05. The maximum atomic E-state index is 9.85. The molecule has 2 N–H and O–H groups in total. The molecule has 3 nitrogen and oxygen atoms in total. The zero-order chi connectivity index (χ0) is 13.9. The fourth-order valence-corrected chi connectivity index (χ4v) is 3.70. The lowest BCUT2D eigenvalue weighted by atomic mass is 9.95. The molecule has 1 atom stereocenters. The van der Waals surface area contributed by atoms with Crippen LogP contribution in [-0.4, -0.2) is 34.0 Å². The molecule has 1 aliphatic carbocycles. The highest BCUT2D eigenvalue weighted by Gasteiger charge is 2.45. The van der Waals surface area contributed by atoms with E-state index in [0.29, 0.717) is 12.0 Å². The summed E-state index contributed by atoms with van der Waals surface area (Å²) >= 11 is 5.11. The molecule has 1 unspecified atom stereocenters. The number of nitrogens with one attached hydrogen (secondary N) is 1. The Morgan fingerprint density at radius 2 is 2.26 bits per heavy atom. The standard InChI is InChI=1S/C14H21BrN2OS/c1-10(2)17-14(8-18,11-3-4-11)9-19-13-6-5-12(15)7-16-13/h5-7,10-11,17-18H,3-4,8-9H2,1-2H3. The van der Waals surface area contributed by atoms with Gasteiger partial charge in [-0.2, -0.15) is 0 Å². The van der Waals surface area contributed by atoms with Crippen LogP contribution in [0.5, 0.6) is 0 Å². The Morgan fingerprint density at radius 1 is 1.53 bits per heavy atom. The number of hydrogen-bond acceptors (Lipinski definition) is 4. The minimum absolute atomic E-state index is 0.159. The second kappa shape index (κ2) is 6.57. The van der Waals surface area contributed by atoms with Gasteiger partial charge >= 0.3 is 0 Å². The molecule has 1 saturated carbocycles. The number of halogens is 1. The number of aromatic nitrogens is 1. The summed E-state index contributed by atoms with van der Waals surface area (Å²) < 4.78 is 0.993. The molecule has 5 heteroatoms. The minimum Gasteiger partial charge on any atom is -0.394 e. The van der Waals surface area contributed by atoms with Crippen LogP contribution >= 0.6 is 27.7 Å². The molecule has 2 rings (SSSR count). The molecule has 1 aromatic rings. The largest absolute Gasteiger partial charge is 0.394 e. The molecular weight excluding hydrogens is 324 g/mol. The van der Waals surface area contributed by atoms with Gasteiger partial charge in [-0.15, -0.1) is 11.8 Å². The number of aliphatic hydroxyl groups excluding tert-OH is 1. The molecule has 0 saturated heterocycles. The number of nitrogens with zero attached hydrogens (tertiary/aromatic N) is 1. The van der Waals surface area contributed by atoms with E-state index < -0.39 is 0 Å². The molecule has 0 bridgehead atoms. The van der Waals surface area contributed by atoms with Crippen molar-refractivity contribution in [3.05, 3.63) is 22.8 Å². The smallest absolute Gasteiger partial charge is 0.0961 e. The Kier molecular flexibility index (Phi) is 5.29. The summed E-state index contributed by atoms with van der Waals surface area (Å²) in [5, 5.41) is 14.4. The summed E-state index contributed by atoms with van der Waals surface area (Å²) in [6, 6.07) is 4.40. The zero-order valence-corrected chi connectivity index (χ0v) is 13.8. The molecule has 1 heterocycles. The van der Waals surface area contributed by atoms with Gasteiger partial charge in [0.2, 0.25) is 0 Å². The van der Waals surface area contributed by atoms with Gasteiger partial charge in [-0.05, 0) is 46.8 Å². The van der Waals surface area contributed by atoms with Crippen LogP contribution in [-0.2, 0) is 0 Å². The van der Waals surface area contributed by atoms with Crippen LogP contribution < -0.4 is 5.32 Å². The van der Waals surface area contributed by atoms with Gasteiger partial charge in [0.1, 0.15) is 0 Å². The lowest BCUT2D eigenvalue weighted by molar-refractivity contribution is 0.150. The highest BCUT2D eigenvalue weighted by Crippen LogP contribution is 2.42. The number of aliphatic hydroxyl groups is 1. The van der Waals surface area contributed by atoms with Gasteiger partial charge in [0.05, 0.1) is 17.2 Å². The van der Waals surface area contributed by atoms with Gasteiger partial charge in [-0.25, -0.2) is 4.98 Å². The van der Waals surface area contributed by atoms with Crippen molar-refractivity contribution >= 4 is 27.7 Å². The molecule has 1 aromatic heterocycles. The van der Waals surface area contributed by atoms with Crippen LogP contribution in [0.4, 0.5) is 0 Å². The molecule has 0 amide bonds. The summed E-state index contributed by atoms with van der Waals surface area (Å²) in [7, 11) is 0. The molecule has 1 fully saturated rings. The molecule has 19 heavy (non-hydrogen) atoms. The van der Waals surface area contributed by atoms with Crippen LogP contribution in [0.2, 0.25) is 0 Å². The molecule has 1 aliphatic rings. The average Bonchev–Trinajstić information content (AvgIpc) is 3.20. The van der Waals surface area contributed by atoms with Crippen molar-refractivity contribution in [3.63, 3.8) is 0 Å². The van der Waals surface area contributed by atoms with Crippen molar-refractivity contribution in [1.82, 2.24) is 10.3 Å². The Morgan fingerprint density at radius 3 is 2.74 bits per heavy atom. The normalized spacial score (nSPS) is 18.6. The quantitative estimate of drug-likeness (QED) is 0.746. The van der Waals surface area contributed by atoms with E-state index in [-0.39, 0.29) is 12.1 Å². The maximum absolute atomic E-state index is 9.85. The Labute approximate surface area is 127 Å². The van der Waals surface area contributed by atoms with Crippen LogP contribution in [0.15, 0.2) is 27.8 Å². The van der Waals surface area contributed by atoms with Crippen LogP contribution in [0.1, 0.15) is 26.7 Å². The first-order valence-corrected chi connectivity index (χ1v) is 8.46. The third kappa shape index (κ3) is 4.18. The summed E-state index contributed by atoms with van der Waals surface area (Å²) in [6.45, 7) is 4.46. The number of pyridine rings is 1. The van der Waals surface area contributed by atoms with Gasteiger partial charge in [0, 0.05) is 22.5 Å². The first-order valence-electron chi connectivity index (χ1n) is 6.68. The zero-order valence-electron chi connectivity index (χ0n) is 11.4. The topological polar surface area (TPSA) is 45.1 Å². The van der Waals surface area contributed by atoms with Crippen molar-refractivity contribution in [3.8, 4) is 0 Å². The summed E-state index contributed by atoms with van der Waals surface area (Å²) in [4.78, 5) is 4.38. The van der Waals surface area contributed by atoms with Crippen LogP contribution in [0.25, 0.3) is 0 Å². The van der Waals surface area contributed by atoms with Gasteiger partial charge in [-0.1, -0.05) is 13.8 Å². The highest BCUT2D eigenvalue weighted by atomic mass is 79.9. The number of thioether (sulfide) groups is 1. The van der Waals surface area contributed by atoms with E-state index in [4.69, 9.17) is 0 Å². The van der Waals surface area contributed by atoms with Gasteiger partial charge in [0.15, 0.2) is 0 Å². The highest BCUT2D eigenvalue weighted by molar-refractivity contribution is 9.10. The van der Waals surface area contributed by atoms with E-state index in [1.54, 1.807) is 11.8 Å². The number of rotatable bonds is 7. The Bertz CT molecular complexity index is 408. The van der Waals surface area contributed by atoms with Crippen molar-refractivity contribution in [2.75, 3.05) is 12.4 Å². The lowest BCUT2D eigenvalue weighted by Crippen LogP contribution is -2.55. The Hall–Kier alpha value is -0.100. The first kappa shape index (κ1) is 15.3. The van der Waals surface area contributed by atoms with E-state index >= 15 is 0 Å². The van der Waals surface area contributed by atoms with Crippen molar-refractivity contribution in [1.29, 1.82) is 0 Å². The minimum atomic E-state index is -0.159. The van der Waals surface area contributed by atoms with E-state index in [1.807, 2.05) is 18.3 Å². The fourth-order valence-electron chi connectivity index (χ4n) is 2.36. The second-order valence-corrected chi connectivity index (χ2v) is 7.40. The predicted molar refractivity (Wildman–Crippen MR) is 83.5 cm³/mol. The van der Waals surface area contributed by atoms with E-state index in [9.17, 15) is 5.11 Å². The lowest BCUT2D eigenvalue weighted by Gasteiger charge is -2.35. The van der Waals surface area contributed by atoms with Crippen LogP contribution in [0.3, 0.4) is 0 Å². The fraction of sp³-hybridized carbons (Fsp3) is 0.643. The van der Waals surface area contributed by atoms with E-state index in [2.05, 4.69) is 40.1 Å². The van der Waals surface area contributed by atoms with E-state index in [1.165, 1.54) is 12.8 Å². The van der Waals surface area contributed by atoms with E-state index in [0.717, 1.165) is 15.3 Å². The molecule has 106 valence electrons. The monoisotopic (exact) mass is 344 g/mol. The molecule has 0 radical (unpaired) electrons. The molecule has 0 spiro atoms. The number of hydrogen-bond donors (Lipinski definition) is 2. The predicted octanol–water partition coefficient (Wildman–Crippen LogP) is 3.08. The van der Waals surface area contributed by atoms with Crippen molar-refractivity contribution < 1.29 is 5.11 Å². The average molecular weight is 345 g/mol. The summed E-state index contributed by atoms with van der Waals surface area (Å²) in [6.07, 6.45) is 4.25. The van der Waals surface area contributed by atoms with Gasteiger partial charge in [-0.3, -0.25) is 0 Å². The van der Waals surface area contributed by atoms with Gasteiger partial charge in [0.25, 0.3) is 0 Å². The molecular formula is C14H21BrN2OS. The van der Waals surface area contributed by atoms with Crippen LogP contribution in [0, 0.1) is 5.92 Å². The molecule has 0 aromatic carbocycles. The third-order valence-corrected chi connectivity index (χ3v) is 5.06. The van der Waals surface area contributed by atoms with Crippen molar-refractivity contribution in [2.45, 2.75) is 43.3 Å². The SMILES string of the molecule is CC(C)NC(CO)(CSc1ccc(Br)cn1)C1CC1. The Balaban J connectivity index is 2.01. The summed E-state index contributed by atoms with van der Waals surface area (Å²) in [5.41, 5.74) is -0.159. The summed E-state index contributed by atoms with van der Waals surface area (Å²) in [5.74, 6) is 1.46. The third-order valence-electron chi connectivity index (χ3n) is 3.39. The molecule has 0 aliphatic heterocycles. The maximum Gasteiger partial charge on any atom is 0.0961 e. The second-order valence-electron chi connectivity index (χ2n) is 5.49.